The smallest absolute Gasteiger partial charge is 0.0838 e. The molecule has 2 heterocycles. The van der Waals surface area contributed by atoms with E-state index < -0.39 is 0 Å². The Balaban J connectivity index is 1.43. The van der Waals surface area contributed by atoms with Gasteiger partial charge in [-0.1, -0.05) is 55.0 Å². The average molecular weight is 425 g/mol. The predicted octanol–water partition coefficient (Wildman–Crippen LogP) is 8.19. The summed E-state index contributed by atoms with van der Waals surface area (Å²) in [5.74, 6) is 3.48. The second-order valence-electron chi connectivity index (χ2n) is 14.7. The highest BCUT2D eigenvalue weighted by Gasteiger charge is 2.78. The second-order valence-corrected chi connectivity index (χ2v) is 14.7. The molecule has 6 rings (SSSR count). The zero-order chi connectivity index (χ0) is 22.2. The summed E-state index contributed by atoms with van der Waals surface area (Å²) in [7, 11) is 0. The van der Waals surface area contributed by atoms with Gasteiger partial charge in [-0.3, -0.25) is 0 Å². The van der Waals surface area contributed by atoms with E-state index in [-0.39, 0.29) is 11.0 Å². The molecular formula is C30H48O. The van der Waals surface area contributed by atoms with Crippen LogP contribution in [-0.4, -0.2) is 11.7 Å². The van der Waals surface area contributed by atoms with Crippen LogP contribution >= 0.6 is 0 Å². The molecule has 1 nitrogen and oxygen atoms in total. The van der Waals surface area contributed by atoms with Crippen LogP contribution in [0.1, 0.15) is 113 Å². The van der Waals surface area contributed by atoms with Crippen LogP contribution in [0.2, 0.25) is 0 Å². The lowest BCUT2D eigenvalue weighted by molar-refractivity contribution is -0.275. The first-order valence-electron chi connectivity index (χ1n) is 13.8. The topological polar surface area (TPSA) is 9.23 Å². The largest absolute Gasteiger partial charge is 0.366 e. The van der Waals surface area contributed by atoms with Crippen molar-refractivity contribution in [1.82, 2.24) is 0 Å². The molecule has 4 aliphatic carbocycles. The summed E-state index contributed by atoms with van der Waals surface area (Å²) in [6.07, 6.45) is 14.2. The summed E-state index contributed by atoms with van der Waals surface area (Å²) in [6, 6.07) is 0. The molecule has 0 aromatic rings. The van der Waals surface area contributed by atoms with Crippen molar-refractivity contribution in [3.05, 3.63) is 12.2 Å². The van der Waals surface area contributed by atoms with Crippen molar-refractivity contribution in [3.63, 3.8) is 0 Å². The van der Waals surface area contributed by atoms with E-state index in [1.54, 1.807) is 0 Å². The van der Waals surface area contributed by atoms with Crippen LogP contribution < -0.4 is 0 Å². The fourth-order valence-electron chi connectivity index (χ4n) is 12.3. The fourth-order valence-corrected chi connectivity index (χ4v) is 12.3. The van der Waals surface area contributed by atoms with Crippen molar-refractivity contribution in [2.45, 2.75) is 124 Å². The third-order valence-corrected chi connectivity index (χ3v) is 14.1. The van der Waals surface area contributed by atoms with Gasteiger partial charge in [-0.25, -0.2) is 0 Å². The van der Waals surface area contributed by atoms with Crippen molar-refractivity contribution in [2.75, 3.05) is 0 Å². The second kappa shape index (κ2) is 5.84. The summed E-state index contributed by atoms with van der Waals surface area (Å²) in [5, 5.41) is 0. The zero-order valence-electron chi connectivity index (χ0n) is 21.6. The van der Waals surface area contributed by atoms with Crippen molar-refractivity contribution < 1.29 is 4.74 Å². The Morgan fingerprint density at radius 2 is 1.39 bits per heavy atom. The minimum atomic E-state index is 0.0614. The van der Waals surface area contributed by atoms with E-state index in [0.29, 0.717) is 27.8 Å². The Bertz CT molecular complexity index is 828. The Kier molecular flexibility index (Phi) is 4.01. The molecule has 1 spiro atoms. The lowest BCUT2D eigenvalue weighted by Crippen LogP contribution is -2.70. The molecule has 2 saturated heterocycles. The molecular weight excluding hydrogens is 376 g/mol. The molecule has 6 fully saturated rings. The van der Waals surface area contributed by atoms with Crippen LogP contribution in [0.25, 0.3) is 0 Å². The molecule has 2 bridgehead atoms. The van der Waals surface area contributed by atoms with Gasteiger partial charge < -0.3 is 4.74 Å². The first kappa shape index (κ1) is 21.2. The van der Waals surface area contributed by atoms with E-state index >= 15 is 0 Å². The van der Waals surface area contributed by atoms with Gasteiger partial charge in [0.1, 0.15) is 0 Å². The number of hydrogen-bond donors (Lipinski definition) is 0. The molecule has 10 unspecified atom stereocenters. The van der Waals surface area contributed by atoms with Crippen molar-refractivity contribution in [1.29, 1.82) is 0 Å². The van der Waals surface area contributed by atoms with Crippen LogP contribution in [-0.2, 0) is 4.74 Å². The van der Waals surface area contributed by atoms with Crippen LogP contribution in [0.5, 0.6) is 0 Å². The van der Waals surface area contributed by atoms with Gasteiger partial charge >= 0.3 is 0 Å². The molecule has 10 atom stereocenters. The van der Waals surface area contributed by atoms with Crippen LogP contribution in [0, 0.1) is 50.7 Å². The van der Waals surface area contributed by atoms with Gasteiger partial charge in [0, 0.05) is 10.8 Å². The maximum absolute atomic E-state index is 7.06. The number of ether oxygens (including phenoxy) is 1. The van der Waals surface area contributed by atoms with Gasteiger partial charge in [-0.05, 0) is 110 Å². The van der Waals surface area contributed by atoms with Gasteiger partial charge in [-0.15, -0.1) is 0 Å². The number of fused-ring (bicyclic) bond motifs is 6. The van der Waals surface area contributed by atoms with Crippen molar-refractivity contribution >= 4 is 0 Å². The summed E-state index contributed by atoms with van der Waals surface area (Å²) < 4.78 is 7.06. The molecule has 0 N–H and O–H groups in total. The normalized spacial score (nSPS) is 62.4. The third kappa shape index (κ3) is 2.00. The lowest BCUT2D eigenvalue weighted by Gasteiger charge is -2.74. The molecule has 0 aromatic carbocycles. The van der Waals surface area contributed by atoms with Gasteiger partial charge in [0.2, 0.25) is 0 Å². The van der Waals surface area contributed by atoms with Gasteiger partial charge in [-0.2, -0.15) is 0 Å². The Morgan fingerprint density at radius 3 is 2.10 bits per heavy atom. The van der Waals surface area contributed by atoms with Crippen LogP contribution in [0.4, 0.5) is 0 Å². The molecule has 0 radical (unpaired) electrons. The quantitative estimate of drug-likeness (QED) is 0.385. The Hall–Kier alpha value is -0.300. The van der Waals surface area contributed by atoms with E-state index in [1.807, 2.05) is 0 Å². The minimum absolute atomic E-state index is 0.0614. The van der Waals surface area contributed by atoms with E-state index in [9.17, 15) is 0 Å². The molecule has 174 valence electrons. The third-order valence-electron chi connectivity index (χ3n) is 14.1. The summed E-state index contributed by atoms with van der Waals surface area (Å²) in [6.45, 7) is 23.0. The van der Waals surface area contributed by atoms with E-state index in [1.165, 1.54) is 69.8 Å². The zero-order valence-corrected chi connectivity index (χ0v) is 21.6. The van der Waals surface area contributed by atoms with Crippen molar-refractivity contribution in [2.24, 2.45) is 50.7 Å². The maximum atomic E-state index is 7.06. The Labute approximate surface area is 192 Å². The highest BCUT2D eigenvalue weighted by molar-refractivity contribution is 5.37. The SMILES string of the molecule is C=C1C2CCC3(O2)C1(C)CCC1C2(C)CCC4(C)C(C(C)C)CCC4C2(C)CCC13C. The van der Waals surface area contributed by atoms with Gasteiger partial charge in [0.25, 0.3) is 0 Å². The lowest BCUT2D eigenvalue weighted by atomic mass is 9.31. The summed E-state index contributed by atoms with van der Waals surface area (Å²) in [4.78, 5) is 0. The number of hydrogen-bond acceptors (Lipinski definition) is 1. The molecule has 2 aliphatic heterocycles. The molecule has 0 aromatic heterocycles. The van der Waals surface area contributed by atoms with Gasteiger partial charge in [0.15, 0.2) is 0 Å². The van der Waals surface area contributed by atoms with Crippen LogP contribution in [0.15, 0.2) is 12.2 Å². The highest BCUT2D eigenvalue weighted by atomic mass is 16.5. The number of rotatable bonds is 1. The van der Waals surface area contributed by atoms with Crippen LogP contribution in [0.3, 0.4) is 0 Å². The van der Waals surface area contributed by atoms with E-state index in [4.69, 9.17) is 4.74 Å². The monoisotopic (exact) mass is 424 g/mol. The predicted molar refractivity (Wildman–Crippen MR) is 129 cm³/mol. The first-order chi connectivity index (χ1) is 14.4. The molecule has 1 heteroatoms. The minimum Gasteiger partial charge on any atom is -0.366 e. The Morgan fingerprint density at radius 1 is 0.742 bits per heavy atom. The molecule has 4 saturated carbocycles. The van der Waals surface area contributed by atoms with E-state index in [2.05, 4.69) is 55.0 Å². The highest BCUT2D eigenvalue weighted by Crippen LogP contribution is 2.81. The standard InChI is InChI=1S/C30H48O/c1-19(2)21-9-10-23-25(21,4)15-16-28(7)24-12-13-26(5)20(3)22-11-14-30(26,31-22)29(24,8)18-17-27(23,28)6/h19,21-24H,3,9-18H2,1-2,4-8H3. The molecule has 6 aliphatic rings. The van der Waals surface area contributed by atoms with Crippen molar-refractivity contribution in [3.8, 4) is 0 Å². The first-order valence-corrected chi connectivity index (χ1v) is 13.8. The summed E-state index contributed by atoms with van der Waals surface area (Å²) >= 11 is 0. The molecule has 0 amide bonds. The average Bonchev–Trinajstić information content (AvgIpc) is 3.36. The fraction of sp³-hybridized carbons (Fsp3) is 0.933. The summed E-state index contributed by atoms with van der Waals surface area (Å²) in [5.41, 5.74) is 3.55. The molecule has 31 heavy (non-hydrogen) atoms. The van der Waals surface area contributed by atoms with E-state index in [0.717, 1.165) is 23.7 Å². The maximum Gasteiger partial charge on any atom is 0.0838 e. The van der Waals surface area contributed by atoms with Gasteiger partial charge in [0.05, 0.1) is 11.7 Å².